The number of hydrogen-bond acceptors (Lipinski definition) is 2. The molecule has 0 saturated heterocycles. The Bertz CT molecular complexity index is 743. The Morgan fingerprint density at radius 2 is 1.89 bits per heavy atom. The van der Waals surface area contributed by atoms with Crippen LogP contribution in [0.1, 0.15) is 19.8 Å². The van der Waals surface area contributed by atoms with Gasteiger partial charge in [-0.15, -0.1) is 0 Å². The molecule has 2 aromatic carbocycles. The summed E-state index contributed by atoms with van der Waals surface area (Å²) in [7, 11) is 0. The molecule has 0 bridgehead atoms. The lowest BCUT2D eigenvalue weighted by molar-refractivity contribution is -0.116. The van der Waals surface area contributed by atoms with Crippen LogP contribution in [-0.4, -0.2) is 5.91 Å². The molecule has 1 N–H and O–H groups in total. The van der Waals surface area contributed by atoms with Crippen molar-refractivity contribution in [3.05, 3.63) is 42.5 Å². The van der Waals surface area contributed by atoms with Crippen molar-refractivity contribution in [1.82, 2.24) is 0 Å². The van der Waals surface area contributed by atoms with E-state index in [1.165, 1.54) is 0 Å². The highest BCUT2D eigenvalue weighted by Crippen LogP contribution is 2.30. The van der Waals surface area contributed by atoms with Crippen molar-refractivity contribution in [2.24, 2.45) is 0 Å². The zero-order valence-electron chi connectivity index (χ0n) is 10.8. The molecular formula is C16H15NO2. The molecule has 0 radical (unpaired) electrons. The van der Waals surface area contributed by atoms with Gasteiger partial charge in [-0.2, -0.15) is 0 Å². The normalized spacial score (nSPS) is 11.0. The molecule has 0 aliphatic heterocycles. The second-order valence-corrected chi connectivity index (χ2v) is 4.61. The van der Waals surface area contributed by atoms with Gasteiger partial charge in [0, 0.05) is 22.9 Å². The Balaban J connectivity index is 2.04. The molecule has 0 atom stereocenters. The number of furan rings is 1. The van der Waals surface area contributed by atoms with Gasteiger partial charge in [-0.1, -0.05) is 25.1 Å². The van der Waals surface area contributed by atoms with E-state index >= 15 is 0 Å². The Hall–Kier alpha value is -2.29. The third-order valence-corrected chi connectivity index (χ3v) is 3.14. The molecule has 1 aromatic heterocycles. The summed E-state index contributed by atoms with van der Waals surface area (Å²) in [6.45, 7) is 1.99. The van der Waals surface area contributed by atoms with Gasteiger partial charge in [0.25, 0.3) is 0 Å². The lowest BCUT2D eigenvalue weighted by atomic mass is 10.1. The fourth-order valence-electron chi connectivity index (χ4n) is 2.25. The van der Waals surface area contributed by atoms with E-state index in [1.807, 2.05) is 49.4 Å². The fraction of sp³-hybridized carbons (Fsp3) is 0.188. The van der Waals surface area contributed by atoms with Gasteiger partial charge in [0.2, 0.25) is 5.91 Å². The third kappa shape index (κ3) is 2.19. The zero-order chi connectivity index (χ0) is 13.2. The highest BCUT2D eigenvalue weighted by atomic mass is 16.3. The molecule has 1 amide bonds. The van der Waals surface area contributed by atoms with Gasteiger partial charge in [-0.05, 0) is 30.7 Å². The average Bonchev–Trinajstić information content (AvgIpc) is 2.77. The van der Waals surface area contributed by atoms with Crippen molar-refractivity contribution in [2.45, 2.75) is 19.8 Å². The minimum absolute atomic E-state index is 0.0506. The topological polar surface area (TPSA) is 42.2 Å². The molecule has 0 unspecified atom stereocenters. The number of fused-ring (bicyclic) bond motifs is 3. The Morgan fingerprint density at radius 1 is 1.11 bits per heavy atom. The van der Waals surface area contributed by atoms with Crippen LogP contribution < -0.4 is 5.32 Å². The Labute approximate surface area is 111 Å². The first-order valence-electron chi connectivity index (χ1n) is 6.49. The van der Waals surface area contributed by atoms with Gasteiger partial charge in [-0.25, -0.2) is 0 Å². The third-order valence-electron chi connectivity index (χ3n) is 3.14. The molecule has 0 saturated carbocycles. The van der Waals surface area contributed by atoms with E-state index in [0.717, 1.165) is 34.0 Å². The van der Waals surface area contributed by atoms with Crippen molar-refractivity contribution in [1.29, 1.82) is 0 Å². The summed E-state index contributed by atoms with van der Waals surface area (Å²) in [5.74, 6) is 0.0506. The van der Waals surface area contributed by atoms with E-state index in [2.05, 4.69) is 5.32 Å². The van der Waals surface area contributed by atoms with Crippen LogP contribution in [-0.2, 0) is 4.79 Å². The highest BCUT2D eigenvalue weighted by Gasteiger charge is 2.08. The molecule has 0 aliphatic rings. The minimum atomic E-state index is 0.0506. The van der Waals surface area contributed by atoms with Crippen molar-refractivity contribution in [3.63, 3.8) is 0 Å². The molecular weight excluding hydrogens is 238 g/mol. The smallest absolute Gasteiger partial charge is 0.224 e. The van der Waals surface area contributed by atoms with Crippen LogP contribution in [0.25, 0.3) is 21.9 Å². The van der Waals surface area contributed by atoms with E-state index in [0.29, 0.717) is 6.42 Å². The number of carbonyl (C=O) groups is 1. The highest BCUT2D eigenvalue weighted by molar-refractivity contribution is 6.06. The number of anilines is 1. The van der Waals surface area contributed by atoms with Gasteiger partial charge >= 0.3 is 0 Å². The number of hydrogen-bond donors (Lipinski definition) is 1. The van der Waals surface area contributed by atoms with Crippen LogP contribution in [0.3, 0.4) is 0 Å². The Morgan fingerprint density at radius 3 is 2.74 bits per heavy atom. The van der Waals surface area contributed by atoms with Gasteiger partial charge in [0.15, 0.2) is 0 Å². The number of benzene rings is 2. The maximum Gasteiger partial charge on any atom is 0.224 e. The number of carbonyl (C=O) groups excluding carboxylic acids is 1. The van der Waals surface area contributed by atoms with Crippen molar-refractivity contribution < 1.29 is 9.21 Å². The molecule has 0 fully saturated rings. The number of rotatable bonds is 3. The second-order valence-electron chi connectivity index (χ2n) is 4.61. The first kappa shape index (κ1) is 11.8. The van der Waals surface area contributed by atoms with E-state index < -0.39 is 0 Å². The lowest BCUT2D eigenvalue weighted by Gasteiger charge is -2.03. The summed E-state index contributed by atoms with van der Waals surface area (Å²) in [6.07, 6.45) is 1.40. The minimum Gasteiger partial charge on any atom is -0.456 e. The summed E-state index contributed by atoms with van der Waals surface area (Å²) in [5, 5.41) is 5.01. The van der Waals surface area contributed by atoms with E-state index in [1.54, 1.807) is 0 Å². The summed E-state index contributed by atoms with van der Waals surface area (Å²) in [5.41, 5.74) is 2.53. The fourth-order valence-corrected chi connectivity index (χ4v) is 2.25. The molecule has 1 heterocycles. The predicted molar refractivity (Wildman–Crippen MR) is 77.3 cm³/mol. The lowest BCUT2D eigenvalue weighted by Crippen LogP contribution is -2.10. The standard InChI is InChI=1S/C16H15NO2/c1-2-5-16(18)17-11-8-9-15-13(10-11)12-6-3-4-7-14(12)19-15/h3-4,6-10H,2,5H2,1H3,(H,17,18). The quantitative estimate of drug-likeness (QED) is 0.755. The maximum atomic E-state index is 11.6. The summed E-state index contributed by atoms with van der Waals surface area (Å²) in [6, 6.07) is 13.7. The van der Waals surface area contributed by atoms with Gasteiger partial charge < -0.3 is 9.73 Å². The SMILES string of the molecule is CCCC(=O)Nc1ccc2oc3ccccc3c2c1. The monoisotopic (exact) mass is 253 g/mol. The molecule has 3 rings (SSSR count). The average molecular weight is 253 g/mol. The van der Waals surface area contributed by atoms with E-state index in [-0.39, 0.29) is 5.91 Å². The molecule has 19 heavy (non-hydrogen) atoms. The summed E-state index contributed by atoms with van der Waals surface area (Å²) >= 11 is 0. The molecule has 0 spiro atoms. The van der Waals surface area contributed by atoms with Crippen molar-refractivity contribution in [3.8, 4) is 0 Å². The van der Waals surface area contributed by atoms with Crippen LogP contribution in [0.2, 0.25) is 0 Å². The van der Waals surface area contributed by atoms with Crippen LogP contribution in [0.15, 0.2) is 46.9 Å². The van der Waals surface area contributed by atoms with Crippen molar-refractivity contribution >= 4 is 33.5 Å². The number of para-hydroxylation sites is 1. The molecule has 3 aromatic rings. The van der Waals surface area contributed by atoms with Crippen LogP contribution in [0.4, 0.5) is 5.69 Å². The van der Waals surface area contributed by atoms with Gasteiger partial charge in [-0.3, -0.25) is 4.79 Å². The second kappa shape index (κ2) is 4.76. The number of amides is 1. The first-order valence-corrected chi connectivity index (χ1v) is 6.49. The summed E-state index contributed by atoms with van der Waals surface area (Å²) < 4.78 is 5.75. The maximum absolute atomic E-state index is 11.6. The van der Waals surface area contributed by atoms with Gasteiger partial charge in [0.1, 0.15) is 11.2 Å². The van der Waals surface area contributed by atoms with Crippen LogP contribution in [0, 0.1) is 0 Å². The van der Waals surface area contributed by atoms with Crippen LogP contribution >= 0.6 is 0 Å². The molecule has 96 valence electrons. The Kier molecular flexibility index (Phi) is 2.95. The van der Waals surface area contributed by atoms with Gasteiger partial charge in [0.05, 0.1) is 0 Å². The summed E-state index contributed by atoms with van der Waals surface area (Å²) in [4.78, 5) is 11.6. The predicted octanol–water partition coefficient (Wildman–Crippen LogP) is 4.32. The molecule has 3 heteroatoms. The first-order chi connectivity index (χ1) is 9.28. The number of nitrogens with one attached hydrogen (secondary N) is 1. The van der Waals surface area contributed by atoms with Crippen molar-refractivity contribution in [2.75, 3.05) is 5.32 Å². The molecule has 3 nitrogen and oxygen atoms in total. The van der Waals surface area contributed by atoms with E-state index in [4.69, 9.17) is 4.42 Å². The molecule has 0 aliphatic carbocycles. The van der Waals surface area contributed by atoms with Crippen LogP contribution in [0.5, 0.6) is 0 Å². The largest absolute Gasteiger partial charge is 0.456 e. The zero-order valence-corrected chi connectivity index (χ0v) is 10.8. The van der Waals surface area contributed by atoms with E-state index in [9.17, 15) is 4.79 Å².